The predicted molar refractivity (Wildman–Crippen MR) is 142 cm³/mol. The van der Waals surface area contributed by atoms with Crippen LogP contribution in [0.25, 0.3) is 10.9 Å². The molecule has 6 nitrogen and oxygen atoms in total. The standard InChI is InChI=1S/C30H33FN4O2/c1-37-24-9-10-25-26(16-24)33-29-27(19-36)35(17-21-5-7-22(31)8-6-21)20-30(28(25)29)11-14-34(15-12-30)18-23-4-2-3-13-32-23/h2-10,13,16,27,33,36H,11-12,14-15,17-20H2,1H3/t27-/m0/s1. The Kier molecular flexibility index (Phi) is 6.44. The van der Waals surface area contributed by atoms with E-state index in [4.69, 9.17) is 4.74 Å². The molecule has 1 atom stereocenters. The molecule has 0 bridgehead atoms. The van der Waals surface area contributed by atoms with Gasteiger partial charge in [-0.25, -0.2) is 4.39 Å². The normalized spacial score (nSPS) is 19.8. The van der Waals surface area contributed by atoms with E-state index >= 15 is 0 Å². The number of pyridine rings is 1. The number of likely N-dealkylation sites (tertiary alicyclic amines) is 1. The Bertz CT molecular complexity index is 1360. The summed E-state index contributed by atoms with van der Waals surface area (Å²) in [7, 11) is 1.68. The number of rotatable bonds is 6. The van der Waals surface area contributed by atoms with Crippen molar-refractivity contribution in [2.75, 3.05) is 33.4 Å². The third-order valence-electron chi connectivity index (χ3n) is 8.24. The number of aliphatic hydroxyl groups is 1. The highest BCUT2D eigenvalue weighted by Gasteiger charge is 2.47. The van der Waals surface area contributed by atoms with Gasteiger partial charge in [0.15, 0.2) is 0 Å². The van der Waals surface area contributed by atoms with E-state index in [0.717, 1.165) is 67.2 Å². The van der Waals surface area contributed by atoms with Gasteiger partial charge in [0.25, 0.3) is 0 Å². The van der Waals surface area contributed by atoms with Gasteiger partial charge in [-0.1, -0.05) is 18.2 Å². The lowest BCUT2D eigenvalue weighted by molar-refractivity contribution is 0.0418. The zero-order chi connectivity index (χ0) is 25.4. The summed E-state index contributed by atoms with van der Waals surface area (Å²) in [5.41, 5.74) is 5.58. The summed E-state index contributed by atoms with van der Waals surface area (Å²) in [5, 5.41) is 11.8. The number of nitrogens with one attached hydrogen (secondary N) is 1. The highest BCUT2D eigenvalue weighted by atomic mass is 19.1. The molecule has 2 aliphatic heterocycles. The lowest BCUT2D eigenvalue weighted by Crippen LogP contribution is -2.53. The third-order valence-corrected chi connectivity index (χ3v) is 8.24. The number of piperidine rings is 1. The first kappa shape index (κ1) is 24.1. The molecular formula is C30H33FN4O2. The first-order chi connectivity index (χ1) is 18.1. The topological polar surface area (TPSA) is 64.6 Å². The summed E-state index contributed by atoms with van der Waals surface area (Å²) in [6.45, 7) is 4.33. The molecule has 2 aliphatic rings. The summed E-state index contributed by atoms with van der Waals surface area (Å²) in [6, 6.07) is 18.9. The van der Waals surface area contributed by atoms with Crippen molar-refractivity contribution in [3.8, 4) is 5.75 Å². The Morgan fingerprint density at radius 2 is 1.89 bits per heavy atom. The molecule has 1 fully saturated rings. The van der Waals surface area contributed by atoms with Crippen LogP contribution in [0.3, 0.4) is 0 Å². The van der Waals surface area contributed by atoms with E-state index in [-0.39, 0.29) is 23.9 Å². The van der Waals surface area contributed by atoms with Crippen LogP contribution in [0.15, 0.2) is 66.9 Å². The first-order valence-electron chi connectivity index (χ1n) is 13.0. The Morgan fingerprint density at radius 1 is 1.08 bits per heavy atom. The van der Waals surface area contributed by atoms with E-state index < -0.39 is 0 Å². The number of nitrogens with zero attached hydrogens (tertiary/aromatic N) is 3. The van der Waals surface area contributed by atoms with E-state index in [1.807, 2.05) is 36.5 Å². The minimum Gasteiger partial charge on any atom is -0.497 e. The van der Waals surface area contributed by atoms with Crippen LogP contribution in [0.1, 0.15) is 41.4 Å². The second-order valence-electron chi connectivity index (χ2n) is 10.4. The molecule has 6 rings (SSSR count). The van der Waals surface area contributed by atoms with Crippen LogP contribution in [0.5, 0.6) is 5.75 Å². The Labute approximate surface area is 216 Å². The van der Waals surface area contributed by atoms with Crippen molar-refractivity contribution in [3.63, 3.8) is 0 Å². The van der Waals surface area contributed by atoms with E-state index in [9.17, 15) is 9.50 Å². The molecule has 2 N–H and O–H groups in total. The Balaban J connectivity index is 1.37. The van der Waals surface area contributed by atoms with Crippen LogP contribution >= 0.6 is 0 Å². The van der Waals surface area contributed by atoms with Crippen molar-refractivity contribution < 1.29 is 14.2 Å². The van der Waals surface area contributed by atoms with Crippen molar-refractivity contribution in [2.24, 2.45) is 0 Å². The van der Waals surface area contributed by atoms with Gasteiger partial charge in [0, 0.05) is 53.9 Å². The van der Waals surface area contributed by atoms with Gasteiger partial charge in [-0.15, -0.1) is 0 Å². The van der Waals surface area contributed by atoms with Gasteiger partial charge in [-0.3, -0.25) is 14.8 Å². The Morgan fingerprint density at radius 3 is 2.59 bits per heavy atom. The lowest BCUT2D eigenvalue weighted by atomic mass is 9.68. The number of aliphatic hydroxyl groups excluding tert-OH is 1. The van der Waals surface area contributed by atoms with Crippen molar-refractivity contribution >= 4 is 10.9 Å². The molecule has 7 heteroatoms. The maximum atomic E-state index is 13.6. The lowest BCUT2D eigenvalue weighted by Gasteiger charge is -2.50. The number of fused-ring (bicyclic) bond motifs is 4. The largest absolute Gasteiger partial charge is 0.497 e. The van der Waals surface area contributed by atoms with E-state index in [0.29, 0.717) is 6.54 Å². The molecule has 4 heterocycles. The van der Waals surface area contributed by atoms with Crippen LogP contribution in [0, 0.1) is 5.82 Å². The number of H-pyrrole nitrogens is 1. The Hall–Kier alpha value is -3.26. The summed E-state index contributed by atoms with van der Waals surface area (Å²) < 4.78 is 19.1. The summed E-state index contributed by atoms with van der Waals surface area (Å²) in [5.74, 6) is 0.582. The van der Waals surface area contributed by atoms with Crippen molar-refractivity contribution in [3.05, 3.63) is 95.2 Å². The van der Waals surface area contributed by atoms with Gasteiger partial charge in [0.2, 0.25) is 0 Å². The van der Waals surface area contributed by atoms with Gasteiger partial charge in [-0.2, -0.15) is 0 Å². The fourth-order valence-corrected chi connectivity index (χ4v) is 6.37. The van der Waals surface area contributed by atoms with Gasteiger partial charge >= 0.3 is 0 Å². The number of methoxy groups -OCH3 is 1. The number of halogens is 1. The molecular weight excluding hydrogens is 467 g/mol. The fraction of sp³-hybridized carbons (Fsp3) is 0.367. The molecule has 0 amide bonds. The fourth-order valence-electron chi connectivity index (χ4n) is 6.37. The number of aromatic amines is 1. The van der Waals surface area contributed by atoms with Crippen molar-refractivity contribution in [2.45, 2.75) is 37.4 Å². The molecule has 1 saturated heterocycles. The van der Waals surface area contributed by atoms with Gasteiger partial charge in [0.05, 0.1) is 25.5 Å². The maximum Gasteiger partial charge on any atom is 0.123 e. The number of benzene rings is 2. The maximum absolute atomic E-state index is 13.6. The summed E-state index contributed by atoms with van der Waals surface area (Å²) in [4.78, 5) is 13.1. The second-order valence-corrected chi connectivity index (χ2v) is 10.4. The quantitative estimate of drug-likeness (QED) is 0.399. The highest BCUT2D eigenvalue weighted by molar-refractivity contribution is 5.87. The third kappa shape index (κ3) is 4.52. The molecule has 0 saturated carbocycles. The molecule has 0 unspecified atom stereocenters. The van der Waals surface area contributed by atoms with E-state index in [2.05, 4.69) is 38.0 Å². The molecule has 2 aromatic heterocycles. The van der Waals surface area contributed by atoms with Crippen LogP contribution in [-0.2, 0) is 18.5 Å². The summed E-state index contributed by atoms with van der Waals surface area (Å²) in [6.07, 6.45) is 3.89. The van der Waals surface area contributed by atoms with E-state index in [1.165, 1.54) is 23.1 Å². The SMILES string of the molecule is COc1ccc2c3c([nH]c2c1)[C@H](CO)N(Cc1ccc(F)cc1)CC31CCN(Cc2ccccn2)CC1. The smallest absolute Gasteiger partial charge is 0.123 e. The van der Waals surface area contributed by atoms with Crippen LogP contribution in [-0.4, -0.2) is 58.2 Å². The van der Waals surface area contributed by atoms with Crippen molar-refractivity contribution in [1.29, 1.82) is 0 Å². The second kappa shape index (κ2) is 9.89. The van der Waals surface area contributed by atoms with Gasteiger partial charge in [0.1, 0.15) is 11.6 Å². The molecule has 2 aromatic carbocycles. The highest BCUT2D eigenvalue weighted by Crippen LogP contribution is 2.49. The number of aromatic nitrogens is 2. The molecule has 1 spiro atoms. The average Bonchev–Trinajstić information content (AvgIpc) is 3.31. The number of ether oxygens (including phenoxy) is 1. The van der Waals surface area contributed by atoms with Gasteiger partial charge in [-0.05, 0) is 73.5 Å². The minimum atomic E-state index is -0.232. The van der Waals surface area contributed by atoms with Gasteiger partial charge < -0.3 is 14.8 Å². The van der Waals surface area contributed by atoms with Crippen molar-refractivity contribution in [1.82, 2.24) is 19.8 Å². The molecule has 37 heavy (non-hydrogen) atoms. The van der Waals surface area contributed by atoms with E-state index in [1.54, 1.807) is 7.11 Å². The molecule has 192 valence electrons. The van der Waals surface area contributed by atoms with Crippen LogP contribution in [0.4, 0.5) is 4.39 Å². The number of hydrogen-bond donors (Lipinski definition) is 2. The predicted octanol–water partition coefficient (Wildman–Crippen LogP) is 4.79. The van der Waals surface area contributed by atoms with Crippen LogP contribution in [0.2, 0.25) is 0 Å². The molecule has 0 radical (unpaired) electrons. The molecule has 0 aliphatic carbocycles. The first-order valence-corrected chi connectivity index (χ1v) is 13.0. The molecule has 4 aromatic rings. The zero-order valence-corrected chi connectivity index (χ0v) is 21.2. The average molecular weight is 501 g/mol. The number of hydrogen-bond acceptors (Lipinski definition) is 5. The minimum absolute atomic E-state index is 0.0139. The summed E-state index contributed by atoms with van der Waals surface area (Å²) >= 11 is 0. The zero-order valence-electron chi connectivity index (χ0n) is 21.2. The monoisotopic (exact) mass is 500 g/mol. The van der Waals surface area contributed by atoms with Crippen LogP contribution < -0.4 is 4.74 Å².